The molecule has 0 aromatic carbocycles. The molecule has 0 radical (unpaired) electrons. The van der Waals surface area contributed by atoms with Gasteiger partial charge >= 0.3 is 0 Å². The van der Waals surface area contributed by atoms with E-state index in [-0.39, 0.29) is 5.78 Å². The minimum atomic E-state index is 0.223. The molecule has 2 heterocycles. The first-order valence-electron chi connectivity index (χ1n) is 6.88. The van der Waals surface area contributed by atoms with E-state index >= 15 is 0 Å². The Morgan fingerprint density at radius 3 is 2.75 bits per heavy atom. The van der Waals surface area contributed by atoms with Crippen molar-refractivity contribution in [3.63, 3.8) is 0 Å². The van der Waals surface area contributed by atoms with Gasteiger partial charge in [-0.05, 0) is 37.8 Å². The van der Waals surface area contributed by atoms with E-state index < -0.39 is 0 Å². The lowest BCUT2D eigenvalue weighted by Gasteiger charge is -2.12. The number of nitrogens with zero attached hydrogens (tertiary/aromatic N) is 4. The Kier molecular flexibility index (Phi) is 2.63. The summed E-state index contributed by atoms with van der Waals surface area (Å²) in [7, 11) is 0. The maximum absolute atomic E-state index is 12.2. The quantitative estimate of drug-likeness (QED) is 0.852. The van der Waals surface area contributed by atoms with Crippen LogP contribution in [0.5, 0.6) is 0 Å². The molecule has 0 N–H and O–H groups in total. The van der Waals surface area contributed by atoms with Crippen molar-refractivity contribution in [2.24, 2.45) is 0 Å². The zero-order valence-corrected chi connectivity index (χ0v) is 11.6. The number of hydrogen-bond acceptors (Lipinski definition) is 4. The largest absolute Gasteiger partial charge is 0.294 e. The van der Waals surface area contributed by atoms with E-state index in [0.29, 0.717) is 23.3 Å². The van der Waals surface area contributed by atoms with Gasteiger partial charge in [-0.2, -0.15) is 5.10 Å². The number of aromatic nitrogens is 4. The van der Waals surface area contributed by atoms with Crippen LogP contribution in [0, 0.1) is 0 Å². The third-order valence-corrected chi connectivity index (χ3v) is 4.10. The van der Waals surface area contributed by atoms with E-state index in [2.05, 4.69) is 15.3 Å². The summed E-state index contributed by atoms with van der Waals surface area (Å²) < 4.78 is 1.78. The Balaban J connectivity index is 1.89. The maximum Gasteiger partial charge on any atom is 0.176 e. The number of Topliss-reactive ketones (excluding diaryl/α,β-unsaturated/α-hetero) is 1. The fraction of sp³-hybridized carbons (Fsp3) is 0.429. The minimum Gasteiger partial charge on any atom is -0.294 e. The van der Waals surface area contributed by atoms with Crippen LogP contribution in [0.3, 0.4) is 0 Å². The third kappa shape index (κ3) is 1.85. The second kappa shape index (κ2) is 4.38. The molecule has 0 atom stereocenters. The van der Waals surface area contributed by atoms with Crippen molar-refractivity contribution in [1.29, 1.82) is 0 Å². The van der Waals surface area contributed by atoms with Crippen molar-refractivity contribution in [1.82, 2.24) is 20.0 Å². The summed E-state index contributed by atoms with van der Waals surface area (Å²) in [5, 5.41) is 13.0. The highest BCUT2D eigenvalue weighted by Crippen LogP contribution is 2.43. The summed E-state index contributed by atoms with van der Waals surface area (Å²) in [4.78, 5) is 12.2. The van der Waals surface area contributed by atoms with Gasteiger partial charge in [0.25, 0.3) is 0 Å². The van der Waals surface area contributed by atoms with Crippen molar-refractivity contribution in [3.05, 3.63) is 34.2 Å². The standard InChI is InChI=1S/C14H13ClN4O/c15-11-6-7-12(17-16-11)19-9-2-1-3-10(20)13(9)14(18-19)8-4-5-8/h6-8H,1-5H2. The van der Waals surface area contributed by atoms with E-state index in [1.807, 2.05) is 0 Å². The number of hydrogen-bond donors (Lipinski definition) is 0. The van der Waals surface area contributed by atoms with Gasteiger partial charge in [-0.3, -0.25) is 4.79 Å². The zero-order valence-electron chi connectivity index (χ0n) is 10.8. The van der Waals surface area contributed by atoms with Crippen molar-refractivity contribution in [3.8, 4) is 5.82 Å². The van der Waals surface area contributed by atoms with E-state index in [9.17, 15) is 4.79 Å². The lowest BCUT2D eigenvalue weighted by atomic mass is 9.93. The third-order valence-electron chi connectivity index (χ3n) is 3.90. The van der Waals surface area contributed by atoms with E-state index in [1.54, 1.807) is 16.8 Å². The van der Waals surface area contributed by atoms with Crippen LogP contribution in [0.15, 0.2) is 12.1 Å². The van der Waals surface area contributed by atoms with Crippen molar-refractivity contribution < 1.29 is 4.79 Å². The van der Waals surface area contributed by atoms with Crippen molar-refractivity contribution >= 4 is 17.4 Å². The van der Waals surface area contributed by atoms with Crippen LogP contribution in [-0.2, 0) is 6.42 Å². The fourth-order valence-corrected chi connectivity index (χ4v) is 2.90. The average Bonchev–Trinajstić information content (AvgIpc) is 3.22. The average molecular weight is 289 g/mol. The molecule has 2 aliphatic rings. The topological polar surface area (TPSA) is 60.7 Å². The molecule has 0 spiro atoms. The molecule has 102 valence electrons. The highest BCUT2D eigenvalue weighted by atomic mass is 35.5. The van der Waals surface area contributed by atoms with Crippen LogP contribution >= 0.6 is 11.6 Å². The molecule has 1 saturated carbocycles. The van der Waals surface area contributed by atoms with Crippen LogP contribution in [-0.4, -0.2) is 25.8 Å². The van der Waals surface area contributed by atoms with Crippen LogP contribution in [0.4, 0.5) is 0 Å². The molecule has 0 saturated heterocycles. The Labute approximate surface area is 121 Å². The Morgan fingerprint density at radius 1 is 1.20 bits per heavy atom. The Morgan fingerprint density at radius 2 is 2.05 bits per heavy atom. The summed E-state index contributed by atoms with van der Waals surface area (Å²) in [6, 6.07) is 3.48. The number of rotatable bonds is 2. The van der Waals surface area contributed by atoms with Gasteiger partial charge in [0.1, 0.15) is 0 Å². The molecule has 1 fully saturated rings. The van der Waals surface area contributed by atoms with Gasteiger partial charge in [0, 0.05) is 12.3 Å². The maximum atomic E-state index is 12.2. The molecule has 6 heteroatoms. The molecule has 2 aromatic heterocycles. The number of carbonyl (C=O) groups is 1. The van der Waals surface area contributed by atoms with Gasteiger partial charge in [0.15, 0.2) is 16.8 Å². The van der Waals surface area contributed by atoms with E-state index in [1.165, 1.54) is 0 Å². The number of ketones is 1. The molecular formula is C14H13ClN4O. The predicted octanol–water partition coefficient (Wildman–Crippen LogP) is 2.71. The first-order valence-corrected chi connectivity index (χ1v) is 7.26. The minimum absolute atomic E-state index is 0.223. The molecule has 0 amide bonds. The van der Waals surface area contributed by atoms with Crippen LogP contribution in [0.25, 0.3) is 5.82 Å². The summed E-state index contributed by atoms with van der Waals surface area (Å²) >= 11 is 5.77. The number of carbonyl (C=O) groups excluding carboxylic acids is 1. The van der Waals surface area contributed by atoms with E-state index in [0.717, 1.165) is 42.6 Å². The summed E-state index contributed by atoms with van der Waals surface area (Å²) in [5.74, 6) is 1.31. The lowest BCUT2D eigenvalue weighted by Crippen LogP contribution is -2.14. The van der Waals surface area contributed by atoms with Gasteiger partial charge in [0.2, 0.25) is 0 Å². The second-order valence-electron chi connectivity index (χ2n) is 5.38. The molecule has 0 aliphatic heterocycles. The SMILES string of the molecule is O=C1CCCc2c1c(C1CC1)nn2-c1ccc(Cl)nn1. The van der Waals surface area contributed by atoms with Gasteiger partial charge in [-0.25, -0.2) is 4.68 Å². The monoisotopic (exact) mass is 288 g/mol. The summed E-state index contributed by atoms with van der Waals surface area (Å²) in [6.45, 7) is 0. The van der Waals surface area contributed by atoms with Gasteiger partial charge < -0.3 is 0 Å². The van der Waals surface area contributed by atoms with Crippen molar-refractivity contribution in [2.45, 2.75) is 38.0 Å². The molecule has 2 aromatic rings. The zero-order chi connectivity index (χ0) is 13.7. The summed E-state index contributed by atoms with van der Waals surface area (Å²) in [5.41, 5.74) is 2.79. The molecule has 20 heavy (non-hydrogen) atoms. The van der Waals surface area contributed by atoms with Crippen LogP contribution in [0.1, 0.15) is 53.3 Å². The van der Waals surface area contributed by atoms with Crippen molar-refractivity contribution in [2.75, 3.05) is 0 Å². The normalized spacial score (nSPS) is 18.1. The number of halogens is 1. The first-order chi connectivity index (χ1) is 9.74. The number of fused-ring (bicyclic) bond motifs is 1. The molecule has 0 bridgehead atoms. The first kappa shape index (κ1) is 12.0. The fourth-order valence-electron chi connectivity index (χ4n) is 2.80. The van der Waals surface area contributed by atoms with Gasteiger partial charge in [0.05, 0.1) is 17.0 Å². The second-order valence-corrected chi connectivity index (χ2v) is 5.77. The summed E-state index contributed by atoms with van der Waals surface area (Å²) in [6.07, 6.45) is 4.63. The van der Waals surface area contributed by atoms with Crippen LogP contribution in [0.2, 0.25) is 5.15 Å². The molecule has 2 aliphatic carbocycles. The molecule has 0 unspecified atom stereocenters. The highest BCUT2D eigenvalue weighted by molar-refractivity contribution is 6.29. The Hall–Kier alpha value is -1.75. The molecule has 4 rings (SSSR count). The Bertz CT molecular complexity index is 688. The lowest BCUT2D eigenvalue weighted by molar-refractivity contribution is 0.0971. The predicted molar refractivity (Wildman–Crippen MR) is 73.4 cm³/mol. The smallest absolute Gasteiger partial charge is 0.176 e. The highest BCUT2D eigenvalue weighted by Gasteiger charge is 2.36. The van der Waals surface area contributed by atoms with Crippen LogP contribution < -0.4 is 0 Å². The van der Waals surface area contributed by atoms with E-state index in [4.69, 9.17) is 11.6 Å². The van der Waals surface area contributed by atoms with Gasteiger partial charge in [-0.1, -0.05) is 11.6 Å². The van der Waals surface area contributed by atoms with Gasteiger partial charge in [-0.15, -0.1) is 10.2 Å². The molecular weight excluding hydrogens is 276 g/mol. The molecule has 5 nitrogen and oxygen atoms in total.